The first-order valence-corrected chi connectivity index (χ1v) is 22.6. The number of nitriles is 1. The fraction of sp³-hybridized carbons (Fsp3) is 0.500. The molecule has 4 amide bonds. The fourth-order valence-corrected chi connectivity index (χ4v) is 9.33. The molecule has 0 bridgehead atoms. The molecule has 3 aromatic carbocycles. The molecular formula is C48H61ClN10O7. The number of anilines is 1. The minimum atomic E-state index is -0.959. The highest BCUT2D eigenvalue weighted by molar-refractivity contribution is 6.31. The molecule has 66 heavy (non-hydrogen) atoms. The Morgan fingerprint density at radius 3 is 2.33 bits per heavy atom. The highest BCUT2D eigenvalue weighted by atomic mass is 35.5. The average molecular weight is 926 g/mol. The number of hydrogen-bond donors (Lipinski definition) is 5. The monoisotopic (exact) mass is 924 g/mol. The Balaban J connectivity index is 0.875. The van der Waals surface area contributed by atoms with Crippen LogP contribution in [-0.4, -0.2) is 110 Å². The van der Waals surface area contributed by atoms with E-state index in [1.54, 1.807) is 42.5 Å². The summed E-state index contributed by atoms with van der Waals surface area (Å²) in [5.74, 6) is -0.882. The molecule has 0 radical (unpaired) electrons. The van der Waals surface area contributed by atoms with Crippen LogP contribution in [0.5, 0.6) is 5.75 Å². The van der Waals surface area contributed by atoms with Crippen molar-refractivity contribution in [2.24, 2.45) is 16.2 Å². The van der Waals surface area contributed by atoms with Crippen LogP contribution in [0.3, 0.4) is 0 Å². The quantitative estimate of drug-likeness (QED) is 0.0765. The van der Waals surface area contributed by atoms with Crippen LogP contribution in [0.25, 0.3) is 5.69 Å². The number of carbonyl (C=O) groups is 4. The normalized spacial score (nSPS) is 20.0. The van der Waals surface area contributed by atoms with Gasteiger partial charge in [0.1, 0.15) is 36.6 Å². The molecule has 5 N–H and O–H groups in total. The number of nitrogens with one attached hydrogen (secondary N) is 4. The molecule has 3 atom stereocenters. The number of benzene rings is 3. The molecule has 2 aliphatic rings. The summed E-state index contributed by atoms with van der Waals surface area (Å²) in [5.41, 5.74) is 1.90. The van der Waals surface area contributed by atoms with E-state index in [1.807, 2.05) is 45.0 Å². The molecule has 6 rings (SSSR count). The molecule has 0 unspecified atom stereocenters. The van der Waals surface area contributed by atoms with Gasteiger partial charge in [-0.05, 0) is 84.0 Å². The second-order valence-corrected chi connectivity index (χ2v) is 19.7. The van der Waals surface area contributed by atoms with Crippen LogP contribution < -0.4 is 26.0 Å². The molecule has 2 heterocycles. The molecule has 1 saturated carbocycles. The van der Waals surface area contributed by atoms with Crippen molar-refractivity contribution in [1.82, 2.24) is 41.1 Å². The van der Waals surface area contributed by atoms with Crippen molar-refractivity contribution in [3.63, 3.8) is 0 Å². The zero-order valence-corrected chi connectivity index (χ0v) is 39.4. The summed E-state index contributed by atoms with van der Waals surface area (Å²) >= 11 is 6.23. The third-order valence-electron chi connectivity index (χ3n) is 12.4. The highest BCUT2D eigenvalue weighted by Crippen LogP contribution is 2.55. The molecular weight excluding hydrogens is 864 g/mol. The van der Waals surface area contributed by atoms with Crippen molar-refractivity contribution in [2.45, 2.75) is 111 Å². The van der Waals surface area contributed by atoms with E-state index in [2.05, 4.69) is 70.4 Å². The van der Waals surface area contributed by atoms with E-state index in [0.717, 1.165) is 30.5 Å². The lowest BCUT2D eigenvalue weighted by Gasteiger charge is -2.63. The van der Waals surface area contributed by atoms with Gasteiger partial charge in [-0.2, -0.15) is 5.26 Å². The zero-order valence-electron chi connectivity index (χ0n) is 38.6. The van der Waals surface area contributed by atoms with Gasteiger partial charge < -0.3 is 40.7 Å². The predicted molar refractivity (Wildman–Crippen MR) is 248 cm³/mol. The largest absolute Gasteiger partial charge is 0.489 e. The fourth-order valence-electron chi connectivity index (χ4n) is 9.12. The van der Waals surface area contributed by atoms with Gasteiger partial charge in [0.05, 0.1) is 22.4 Å². The first-order chi connectivity index (χ1) is 31.3. The topological polar surface area (TPSA) is 226 Å². The molecule has 1 saturated heterocycles. The number of likely N-dealkylation sites (tertiary alicyclic amines) is 1. The zero-order chi connectivity index (χ0) is 47.8. The van der Waals surface area contributed by atoms with E-state index >= 15 is 0 Å². The molecule has 0 spiro atoms. The van der Waals surface area contributed by atoms with E-state index in [-0.39, 0.29) is 55.0 Å². The summed E-state index contributed by atoms with van der Waals surface area (Å²) < 4.78 is 12.0. The number of ether oxygens (including phenoxy) is 2. The first-order valence-electron chi connectivity index (χ1n) is 22.3. The van der Waals surface area contributed by atoms with Crippen LogP contribution in [0.15, 0.2) is 73.1 Å². The summed E-state index contributed by atoms with van der Waals surface area (Å²) in [4.78, 5) is 56.4. The van der Waals surface area contributed by atoms with Crippen molar-refractivity contribution in [2.75, 3.05) is 31.6 Å². The van der Waals surface area contributed by atoms with Crippen LogP contribution in [0.1, 0.15) is 95.6 Å². The highest BCUT2D eigenvalue weighted by Gasteiger charge is 2.64. The number of halogens is 1. The van der Waals surface area contributed by atoms with Crippen LogP contribution in [0, 0.1) is 27.6 Å². The number of aliphatic hydroxyl groups excluding tert-OH is 1. The van der Waals surface area contributed by atoms with Crippen LogP contribution >= 0.6 is 11.6 Å². The number of carbonyl (C=O) groups excluding carboxylic acids is 4. The molecule has 17 nitrogen and oxygen atoms in total. The van der Waals surface area contributed by atoms with Crippen molar-refractivity contribution in [1.29, 1.82) is 5.26 Å². The van der Waals surface area contributed by atoms with Crippen LogP contribution in [0.2, 0.25) is 5.02 Å². The number of aromatic nitrogens is 4. The third-order valence-corrected chi connectivity index (χ3v) is 12.7. The minimum Gasteiger partial charge on any atom is -0.489 e. The Morgan fingerprint density at radius 1 is 0.985 bits per heavy atom. The standard InChI is InChI=1S/C48H61ClN10O7/c1-46(2,3)40(43(64)58-27-35(60)23-38(58)42(63)52-26-30-11-18-34(19-12-30)59-54-29-53-57-59)55-39(61)28-65-22-10-8-9-21-51-33-16-13-31(14-17-33)41(62)56-44-47(4,5)45(48(44,6)7)66-36-20-15-32(25-50)37(49)24-36/h11-20,24,29,35,38,40,44-45,51,60H,8-10,21-23,26-28H2,1-7H3,(H,52,63)(H,55,61)(H,56,62)/t35-,38+,40-,44-,45-/m1/s1. The van der Waals surface area contributed by atoms with E-state index in [1.165, 1.54) is 16.0 Å². The average Bonchev–Trinajstić information content (AvgIpc) is 3.97. The summed E-state index contributed by atoms with van der Waals surface area (Å²) in [7, 11) is 0. The SMILES string of the molecule is CC(C)(C)[C@H](NC(=O)COCCCCCNc1ccc(C(=O)N[C@H]2C(C)(C)[C@H](Oc3ccc(C#N)c(Cl)c3)C2(C)C)cc1)C(=O)N1C[C@H](O)C[C@H]1C(=O)NCc1ccc(-n2ncnn2)cc1. The Kier molecular flexibility index (Phi) is 15.7. The molecule has 1 aliphatic carbocycles. The summed E-state index contributed by atoms with van der Waals surface area (Å²) in [6.07, 6.45) is 2.76. The smallest absolute Gasteiger partial charge is 0.251 e. The van der Waals surface area contributed by atoms with Crippen molar-refractivity contribution < 1.29 is 33.8 Å². The molecule has 2 fully saturated rings. The van der Waals surface area contributed by atoms with E-state index in [0.29, 0.717) is 40.7 Å². The van der Waals surface area contributed by atoms with Crippen molar-refractivity contribution in [3.8, 4) is 17.5 Å². The van der Waals surface area contributed by atoms with Gasteiger partial charge in [0, 0.05) is 66.9 Å². The van der Waals surface area contributed by atoms with Gasteiger partial charge in [-0.25, -0.2) is 0 Å². The molecule has 4 aromatic rings. The second-order valence-electron chi connectivity index (χ2n) is 19.3. The van der Waals surface area contributed by atoms with Gasteiger partial charge in [0.15, 0.2) is 6.33 Å². The number of nitrogens with zero attached hydrogens (tertiary/aromatic N) is 6. The summed E-state index contributed by atoms with van der Waals surface area (Å²) in [6.45, 7) is 14.8. The molecule has 18 heteroatoms. The van der Waals surface area contributed by atoms with Gasteiger partial charge in [0.2, 0.25) is 17.7 Å². The first kappa shape index (κ1) is 49.3. The summed E-state index contributed by atoms with van der Waals surface area (Å²) in [6, 6.07) is 19.7. The number of hydrogen-bond acceptors (Lipinski definition) is 12. The number of rotatable bonds is 19. The maximum absolute atomic E-state index is 13.9. The predicted octanol–water partition coefficient (Wildman–Crippen LogP) is 5.21. The van der Waals surface area contributed by atoms with Crippen molar-refractivity contribution >= 4 is 40.9 Å². The van der Waals surface area contributed by atoms with E-state index in [9.17, 15) is 29.5 Å². The van der Waals surface area contributed by atoms with Gasteiger partial charge in [-0.15, -0.1) is 15.0 Å². The van der Waals surface area contributed by atoms with E-state index < -0.39 is 41.3 Å². The van der Waals surface area contributed by atoms with Gasteiger partial charge in [-0.1, -0.05) is 72.2 Å². The molecule has 1 aliphatic heterocycles. The lowest BCUT2D eigenvalue weighted by Crippen LogP contribution is -2.74. The number of aliphatic hydroxyl groups is 1. The number of β-amino-alcohol motifs (C(OH)–C–C–N with tert-alkyl or cyclic N) is 1. The van der Waals surface area contributed by atoms with Crippen molar-refractivity contribution in [3.05, 3.63) is 94.8 Å². The third kappa shape index (κ3) is 11.8. The second kappa shape index (κ2) is 21.0. The maximum atomic E-state index is 13.9. The lowest BCUT2D eigenvalue weighted by atomic mass is 9.49. The maximum Gasteiger partial charge on any atom is 0.251 e. The Bertz CT molecular complexity index is 2350. The van der Waals surface area contributed by atoms with Gasteiger partial charge >= 0.3 is 0 Å². The minimum absolute atomic E-state index is 0.0251. The molecule has 352 valence electrons. The van der Waals surface area contributed by atoms with Gasteiger partial charge in [0.25, 0.3) is 5.91 Å². The number of unbranched alkanes of at least 4 members (excludes halogenated alkanes) is 2. The Labute approximate surface area is 390 Å². The van der Waals surface area contributed by atoms with Crippen LogP contribution in [0.4, 0.5) is 5.69 Å². The van der Waals surface area contributed by atoms with E-state index in [4.69, 9.17) is 21.1 Å². The van der Waals surface area contributed by atoms with Gasteiger partial charge in [-0.3, -0.25) is 19.2 Å². The Hall–Kier alpha value is -6.09. The lowest BCUT2D eigenvalue weighted by molar-refractivity contribution is -0.164. The summed E-state index contributed by atoms with van der Waals surface area (Å²) in [5, 5.41) is 43.9. The number of amides is 4. The number of tetrazole rings is 1. The molecule has 1 aromatic heterocycles. The van der Waals surface area contributed by atoms with Crippen LogP contribution in [-0.2, 0) is 25.7 Å². The Morgan fingerprint density at radius 2 is 1.70 bits per heavy atom.